The van der Waals surface area contributed by atoms with E-state index in [1.165, 1.54) is 12.1 Å². The van der Waals surface area contributed by atoms with Crippen LogP contribution in [0.5, 0.6) is 0 Å². The summed E-state index contributed by atoms with van der Waals surface area (Å²) in [6.45, 7) is 9.20. The molecule has 3 rings (SSSR count). The Kier molecular flexibility index (Phi) is 5.15. The van der Waals surface area contributed by atoms with Crippen LogP contribution in [-0.4, -0.2) is 14.5 Å². The number of halogens is 3. The first-order valence-electron chi connectivity index (χ1n) is 9.21. The fourth-order valence-corrected chi connectivity index (χ4v) is 3.13. The normalized spacial score (nSPS) is 13.5. The van der Waals surface area contributed by atoms with Crippen molar-refractivity contribution in [2.24, 2.45) is 0 Å². The Balaban J connectivity index is 2.07. The summed E-state index contributed by atoms with van der Waals surface area (Å²) in [5.41, 5.74) is -0.357. The number of hydrogen-bond acceptors (Lipinski definition) is 4. The maximum Gasteiger partial charge on any atom is 0.416 e. The third-order valence-electron chi connectivity index (χ3n) is 4.63. The number of anilines is 1. The van der Waals surface area contributed by atoms with E-state index in [9.17, 15) is 18.0 Å². The third-order valence-corrected chi connectivity index (χ3v) is 4.63. The Labute approximate surface area is 166 Å². The quantitative estimate of drug-likeness (QED) is 0.664. The van der Waals surface area contributed by atoms with Crippen LogP contribution >= 0.6 is 0 Å². The number of pyridine rings is 1. The zero-order valence-electron chi connectivity index (χ0n) is 16.9. The number of aryl methyl sites for hydroxylation is 1. The van der Waals surface area contributed by atoms with Crippen LogP contribution in [0.15, 0.2) is 41.3 Å². The van der Waals surface area contributed by atoms with Crippen molar-refractivity contribution in [3.05, 3.63) is 63.8 Å². The number of nitrogens with zero attached hydrogens (tertiary/aromatic N) is 3. The van der Waals surface area contributed by atoms with Crippen molar-refractivity contribution in [2.45, 2.75) is 52.4 Å². The first kappa shape index (κ1) is 20.8. The van der Waals surface area contributed by atoms with Crippen LogP contribution in [0.2, 0.25) is 0 Å². The molecule has 29 heavy (non-hydrogen) atoms. The Hall–Kier alpha value is -2.90. The van der Waals surface area contributed by atoms with Gasteiger partial charge in [-0.2, -0.15) is 13.2 Å². The summed E-state index contributed by atoms with van der Waals surface area (Å²) in [4.78, 5) is 21.2. The van der Waals surface area contributed by atoms with E-state index in [2.05, 4.69) is 15.3 Å². The first-order valence-corrected chi connectivity index (χ1v) is 9.21. The lowest BCUT2D eigenvalue weighted by atomic mass is 10.0. The van der Waals surface area contributed by atoms with Gasteiger partial charge in [-0.05, 0) is 52.3 Å². The van der Waals surface area contributed by atoms with E-state index in [0.29, 0.717) is 28.1 Å². The Morgan fingerprint density at radius 1 is 1.10 bits per heavy atom. The van der Waals surface area contributed by atoms with Gasteiger partial charge in [-0.1, -0.05) is 12.1 Å². The van der Waals surface area contributed by atoms with Gasteiger partial charge >= 0.3 is 6.18 Å². The fourth-order valence-electron chi connectivity index (χ4n) is 3.13. The highest BCUT2D eigenvalue weighted by atomic mass is 19.4. The summed E-state index contributed by atoms with van der Waals surface area (Å²) in [7, 11) is 0. The van der Waals surface area contributed by atoms with Crippen LogP contribution in [0.3, 0.4) is 0 Å². The molecule has 2 heterocycles. The van der Waals surface area contributed by atoms with Gasteiger partial charge in [-0.3, -0.25) is 4.79 Å². The standard InChI is InChI=1S/C21H23F3N4O/c1-12(14-7-6-8-15(9-14)21(22,23)24)25-19-16-11-28(20(3,4)5)18(29)10-17(16)26-13(2)27-19/h6-12H,1-5H3,(H,25,26,27)/t12-/m1/s1. The zero-order chi connectivity index (χ0) is 21.6. The fraction of sp³-hybridized carbons (Fsp3) is 0.381. The lowest BCUT2D eigenvalue weighted by molar-refractivity contribution is -0.137. The molecule has 3 aromatic rings. The molecule has 0 radical (unpaired) electrons. The minimum atomic E-state index is -4.41. The van der Waals surface area contributed by atoms with E-state index in [4.69, 9.17) is 0 Å². The van der Waals surface area contributed by atoms with E-state index in [-0.39, 0.29) is 5.56 Å². The monoisotopic (exact) mass is 404 g/mol. The molecule has 8 heteroatoms. The van der Waals surface area contributed by atoms with Gasteiger partial charge in [-0.15, -0.1) is 0 Å². The minimum absolute atomic E-state index is 0.181. The summed E-state index contributed by atoms with van der Waals surface area (Å²) >= 11 is 0. The molecule has 0 aliphatic rings. The van der Waals surface area contributed by atoms with Crippen molar-refractivity contribution in [1.82, 2.24) is 14.5 Å². The average molecular weight is 404 g/mol. The molecule has 0 unspecified atom stereocenters. The molecule has 0 aliphatic carbocycles. The average Bonchev–Trinajstić information content (AvgIpc) is 2.59. The molecule has 0 saturated heterocycles. The number of benzene rings is 1. The van der Waals surface area contributed by atoms with Crippen LogP contribution in [0.4, 0.5) is 19.0 Å². The molecule has 5 nitrogen and oxygen atoms in total. The van der Waals surface area contributed by atoms with Gasteiger partial charge in [0.2, 0.25) is 0 Å². The number of aromatic nitrogens is 3. The second-order valence-electron chi connectivity index (χ2n) is 8.06. The van der Waals surface area contributed by atoms with E-state index in [1.807, 2.05) is 20.8 Å². The van der Waals surface area contributed by atoms with Gasteiger partial charge in [0.25, 0.3) is 5.56 Å². The van der Waals surface area contributed by atoms with Crippen LogP contribution in [0.1, 0.15) is 50.7 Å². The summed E-state index contributed by atoms with van der Waals surface area (Å²) in [5.74, 6) is 0.930. The van der Waals surface area contributed by atoms with E-state index in [0.717, 1.165) is 12.1 Å². The molecule has 0 saturated carbocycles. The van der Waals surface area contributed by atoms with Crippen LogP contribution < -0.4 is 10.9 Å². The minimum Gasteiger partial charge on any atom is -0.363 e. The molecule has 0 fully saturated rings. The smallest absolute Gasteiger partial charge is 0.363 e. The van der Waals surface area contributed by atoms with Crippen LogP contribution in [-0.2, 0) is 11.7 Å². The number of nitrogens with one attached hydrogen (secondary N) is 1. The molecule has 1 atom stereocenters. The van der Waals surface area contributed by atoms with Crippen molar-refractivity contribution >= 4 is 16.7 Å². The molecule has 0 aliphatic heterocycles. The topological polar surface area (TPSA) is 59.8 Å². The SMILES string of the molecule is Cc1nc(N[C@H](C)c2cccc(C(F)(F)F)c2)c2cn(C(C)(C)C)c(=O)cc2n1. The number of rotatable bonds is 3. The molecule has 0 amide bonds. The van der Waals surface area contributed by atoms with Crippen LogP contribution in [0.25, 0.3) is 10.9 Å². The second kappa shape index (κ2) is 7.17. The Bertz CT molecular complexity index is 1110. The summed E-state index contributed by atoms with van der Waals surface area (Å²) in [5, 5.41) is 3.81. The highest BCUT2D eigenvalue weighted by molar-refractivity contribution is 5.88. The van der Waals surface area contributed by atoms with Crippen molar-refractivity contribution in [3.8, 4) is 0 Å². The molecular weight excluding hydrogens is 381 g/mol. The van der Waals surface area contributed by atoms with Crippen molar-refractivity contribution in [3.63, 3.8) is 0 Å². The predicted octanol–water partition coefficient (Wildman–Crippen LogP) is 5.05. The molecule has 0 spiro atoms. The van der Waals surface area contributed by atoms with Crippen molar-refractivity contribution < 1.29 is 13.2 Å². The lowest BCUT2D eigenvalue weighted by Gasteiger charge is -2.23. The summed E-state index contributed by atoms with van der Waals surface area (Å²) in [6, 6.07) is 6.20. The van der Waals surface area contributed by atoms with Gasteiger partial charge in [0.1, 0.15) is 11.6 Å². The lowest BCUT2D eigenvalue weighted by Crippen LogP contribution is -2.33. The van der Waals surface area contributed by atoms with Gasteiger partial charge in [0.15, 0.2) is 0 Å². The van der Waals surface area contributed by atoms with Crippen LogP contribution in [0, 0.1) is 6.92 Å². The van der Waals surface area contributed by atoms with E-state index >= 15 is 0 Å². The predicted molar refractivity (Wildman–Crippen MR) is 107 cm³/mol. The summed E-state index contributed by atoms with van der Waals surface area (Å²) in [6.07, 6.45) is -2.71. The molecule has 2 aromatic heterocycles. The molecule has 0 bridgehead atoms. The van der Waals surface area contributed by atoms with Gasteiger partial charge in [-0.25, -0.2) is 9.97 Å². The summed E-state index contributed by atoms with van der Waals surface area (Å²) < 4.78 is 40.7. The maximum atomic E-state index is 13.0. The number of hydrogen-bond donors (Lipinski definition) is 1. The van der Waals surface area contributed by atoms with Gasteiger partial charge in [0.05, 0.1) is 16.5 Å². The highest BCUT2D eigenvalue weighted by Gasteiger charge is 2.30. The second-order valence-corrected chi connectivity index (χ2v) is 8.06. The number of fused-ring (bicyclic) bond motifs is 1. The Morgan fingerprint density at radius 3 is 2.41 bits per heavy atom. The van der Waals surface area contributed by atoms with Crippen molar-refractivity contribution in [1.29, 1.82) is 0 Å². The van der Waals surface area contributed by atoms with E-state index < -0.39 is 23.3 Å². The van der Waals surface area contributed by atoms with Gasteiger partial charge < -0.3 is 9.88 Å². The van der Waals surface area contributed by atoms with E-state index in [1.54, 1.807) is 30.7 Å². The molecular formula is C21H23F3N4O. The Morgan fingerprint density at radius 2 is 1.79 bits per heavy atom. The largest absolute Gasteiger partial charge is 0.416 e. The third kappa shape index (κ3) is 4.41. The number of alkyl halides is 3. The molecule has 154 valence electrons. The maximum absolute atomic E-state index is 13.0. The first-order chi connectivity index (χ1) is 13.4. The molecule has 1 N–H and O–H groups in total. The highest BCUT2D eigenvalue weighted by Crippen LogP contribution is 2.32. The zero-order valence-corrected chi connectivity index (χ0v) is 16.9. The molecule has 1 aromatic carbocycles. The van der Waals surface area contributed by atoms with Crippen molar-refractivity contribution in [2.75, 3.05) is 5.32 Å². The van der Waals surface area contributed by atoms with Gasteiger partial charge in [0, 0.05) is 23.8 Å².